The molecule has 0 saturated heterocycles. The predicted octanol–water partition coefficient (Wildman–Crippen LogP) is 4.95. The third-order valence-corrected chi connectivity index (χ3v) is 6.03. The van der Waals surface area contributed by atoms with E-state index in [0.29, 0.717) is 26.1 Å². The van der Waals surface area contributed by atoms with Crippen LogP contribution in [0.25, 0.3) is 0 Å². The van der Waals surface area contributed by atoms with E-state index < -0.39 is 17.7 Å². The molecule has 2 aromatic carbocycles. The van der Waals surface area contributed by atoms with Gasteiger partial charge in [-0.15, -0.1) is 0 Å². The highest BCUT2D eigenvalue weighted by molar-refractivity contribution is 5.92. The second kappa shape index (κ2) is 10.1. The van der Waals surface area contributed by atoms with Crippen LogP contribution in [0.3, 0.4) is 0 Å². The first-order chi connectivity index (χ1) is 16.4. The number of carbonyl (C=O) groups excluding carboxylic acids is 2. The third-order valence-electron chi connectivity index (χ3n) is 6.03. The van der Waals surface area contributed by atoms with Crippen molar-refractivity contribution in [2.75, 3.05) is 25.0 Å². The summed E-state index contributed by atoms with van der Waals surface area (Å²) in [5.74, 6) is -2.21. The van der Waals surface area contributed by atoms with Crippen molar-refractivity contribution >= 4 is 17.6 Å². The smallest absolute Gasteiger partial charge is 0.322 e. The van der Waals surface area contributed by atoms with Gasteiger partial charge >= 0.3 is 6.03 Å². The first kappa shape index (κ1) is 23.5. The van der Waals surface area contributed by atoms with Crippen LogP contribution in [0.15, 0.2) is 60.8 Å². The van der Waals surface area contributed by atoms with Crippen LogP contribution in [-0.4, -0.2) is 45.9 Å². The van der Waals surface area contributed by atoms with Crippen LogP contribution in [0.4, 0.5) is 19.3 Å². The van der Waals surface area contributed by atoms with Crippen molar-refractivity contribution < 1.29 is 18.4 Å². The Bertz CT molecular complexity index is 1180. The Kier molecular flexibility index (Phi) is 6.95. The fourth-order valence-corrected chi connectivity index (χ4v) is 4.30. The van der Waals surface area contributed by atoms with Gasteiger partial charge in [-0.3, -0.25) is 4.79 Å². The van der Waals surface area contributed by atoms with Gasteiger partial charge in [-0.05, 0) is 43.2 Å². The van der Waals surface area contributed by atoms with E-state index in [2.05, 4.69) is 9.88 Å². The summed E-state index contributed by atoms with van der Waals surface area (Å²) in [6, 6.07) is 14.5. The van der Waals surface area contributed by atoms with Gasteiger partial charge in [0.05, 0.1) is 6.04 Å². The van der Waals surface area contributed by atoms with Crippen molar-refractivity contribution in [2.24, 2.45) is 0 Å². The number of anilines is 1. The van der Waals surface area contributed by atoms with Gasteiger partial charge in [0.15, 0.2) is 11.6 Å². The van der Waals surface area contributed by atoms with Gasteiger partial charge in [0, 0.05) is 43.3 Å². The van der Waals surface area contributed by atoms with Crippen LogP contribution in [0.2, 0.25) is 0 Å². The summed E-state index contributed by atoms with van der Waals surface area (Å²) in [5.41, 5.74) is 3.30. The van der Waals surface area contributed by atoms with Crippen molar-refractivity contribution in [1.82, 2.24) is 14.4 Å². The van der Waals surface area contributed by atoms with E-state index in [1.165, 1.54) is 11.0 Å². The molecule has 3 amide bonds. The predicted molar refractivity (Wildman–Crippen MR) is 126 cm³/mol. The van der Waals surface area contributed by atoms with Gasteiger partial charge in [0.25, 0.3) is 0 Å². The number of carbonyl (C=O) groups is 2. The molecule has 3 aromatic rings. The van der Waals surface area contributed by atoms with Crippen molar-refractivity contribution in [1.29, 1.82) is 0 Å². The third kappa shape index (κ3) is 4.95. The molecule has 0 saturated carbocycles. The Hall–Kier alpha value is -3.68. The van der Waals surface area contributed by atoms with Gasteiger partial charge in [0.1, 0.15) is 6.54 Å². The molecule has 2 heterocycles. The Labute approximate surface area is 197 Å². The Balaban J connectivity index is 1.54. The fourth-order valence-electron chi connectivity index (χ4n) is 4.30. The molecule has 34 heavy (non-hydrogen) atoms. The molecule has 1 aliphatic rings. The van der Waals surface area contributed by atoms with Gasteiger partial charge < -0.3 is 19.7 Å². The van der Waals surface area contributed by atoms with Gasteiger partial charge in [-0.2, -0.15) is 0 Å². The standard InChI is InChI=1S/C26H28F2N4O2/c1-3-12-31(26(34)29-20-10-11-21(27)22(28)16-20)17-24(33)32-15-14-30-13-4-5-23(30)25(32)19-8-6-18(2)7-9-19/h4-11,13,16,25H,3,12,14-15,17H2,1-2H3,(H,29,34). The second-order valence-electron chi connectivity index (χ2n) is 8.51. The average Bonchev–Trinajstić information content (AvgIpc) is 3.30. The van der Waals surface area contributed by atoms with E-state index in [4.69, 9.17) is 0 Å². The van der Waals surface area contributed by atoms with Crippen LogP contribution in [0.1, 0.15) is 36.2 Å². The molecule has 4 rings (SSSR count). The number of nitrogens with one attached hydrogen (secondary N) is 1. The van der Waals surface area contributed by atoms with E-state index in [1.807, 2.05) is 61.3 Å². The molecule has 0 radical (unpaired) electrons. The first-order valence-electron chi connectivity index (χ1n) is 11.4. The van der Waals surface area contributed by atoms with Gasteiger partial charge in [-0.25, -0.2) is 13.6 Å². The summed E-state index contributed by atoms with van der Waals surface area (Å²) in [4.78, 5) is 29.6. The van der Waals surface area contributed by atoms with Crippen LogP contribution < -0.4 is 5.32 Å². The lowest BCUT2D eigenvalue weighted by Crippen LogP contribution is -2.48. The normalized spacial score (nSPS) is 15.1. The molecule has 0 spiro atoms. The number of hydrogen-bond donors (Lipinski definition) is 1. The molecule has 178 valence electrons. The largest absolute Gasteiger partial charge is 0.348 e. The summed E-state index contributed by atoms with van der Waals surface area (Å²) in [6.07, 6.45) is 2.65. The highest BCUT2D eigenvalue weighted by atomic mass is 19.2. The van der Waals surface area contributed by atoms with E-state index in [-0.39, 0.29) is 24.2 Å². The molecule has 1 aliphatic heterocycles. The number of aryl methyl sites for hydroxylation is 1. The van der Waals surface area contributed by atoms with E-state index in [0.717, 1.165) is 29.0 Å². The zero-order chi connectivity index (χ0) is 24.2. The average molecular weight is 467 g/mol. The first-order valence-corrected chi connectivity index (χ1v) is 11.4. The number of benzene rings is 2. The Morgan fingerprint density at radius 2 is 1.82 bits per heavy atom. The van der Waals surface area contributed by atoms with Crippen LogP contribution in [0.5, 0.6) is 0 Å². The number of aromatic nitrogens is 1. The molecule has 8 heteroatoms. The molecule has 1 N–H and O–H groups in total. The molecule has 0 bridgehead atoms. The summed E-state index contributed by atoms with van der Waals surface area (Å²) in [5, 5.41) is 2.57. The maximum Gasteiger partial charge on any atom is 0.322 e. The fraction of sp³-hybridized carbons (Fsp3) is 0.308. The monoisotopic (exact) mass is 466 g/mol. The lowest BCUT2D eigenvalue weighted by atomic mass is 9.98. The van der Waals surface area contributed by atoms with Crippen molar-refractivity contribution in [3.63, 3.8) is 0 Å². The van der Waals surface area contributed by atoms with Gasteiger partial charge in [-0.1, -0.05) is 36.8 Å². The molecule has 1 unspecified atom stereocenters. The quantitative estimate of drug-likeness (QED) is 0.559. The molecule has 0 aliphatic carbocycles. The number of hydrogen-bond acceptors (Lipinski definition) is 2. The van der Waals surface area contributed by atoms with E-state index in [9.17, 15) is 18.4 Å². The molecule has 1 atom stereocenters. The Morgan fingerprint density at radius 3 is 2.53 bits per heavy atom. The number of urea groups is 1. The lowest BCUT2D eigenvalue weighted by Gasteiger charge is -2.38. The number of fused-ring (bicyclic) bond motifs is 1. The number of halogens is 2. The number of amides is 3. The number of rotatable bonds is 6. The molecule has 6 nitrogen and oxygen atoms in total. The molecule has 0 fully saturated rings. The maximum absolute atomic E-state index is 13.6. The molecular weight excluding hydrogens is 438 g/mol. The summed E-state index contributed by atoms with van der Waals surface area (Å²) in [6.45, 7) is 5.35. The van der Waals surface area contributed by atoms with Crippen LogP contribution in [-0.2, 0) is 11.3 Å². The highest BCUT2D eigenvalue weighted by Crippen LogP contribution is 2.32. The molecular formula is C26H28F2N4O2. The maximum atomic E-state index is 13.6. The number of nitrogens with zero attached hydrogens (tertiary/aromatic N) is 3. The minimum atomic E-state index is -1.05. The van der Waals surface area contributed by atoms with Crippen molar-refractivity contribution in [2.45, 2.75) is 32.9 Å². The van der Waals surface area contributed by atoms with Crippen molar-refractivity contribution in [3.05, 3.63) is 89.2 Å². The summed E-state index contributed by atoms with van der Waals surface area (Å²) < 4.78 is 28.9. The highest BCUT2D eigenvalue weighted by Gasteiger charge is 2.33. The summed E-state index contributed by atoms with van der Waals surface area (Å²) >= 11 is 0. The summed E-state index contributed by atoms with van der Waals surface area (Å²) in [7, 11) is 0. The minimum absolute atomic E-state index is 0.119. The van der Waals surface area contributed by atoms with Crippen LogP contribution in [0, 0.1) is 18.6 Å². The second-order valence-corrected chi connectivity index (χ2v) is 8.51. The topological polar surface area (TPSA) is 57.6 Å². The molecule has 1 aromatic heterocycles. The van der Waals surface area contributed by atoms with Crippen LogP contribution >= 0.6 is 0 Å². The van der Waals surface area contributed by atoms with E-state index >= 15 is 0 Å². The van der Waals surface area contributed by atoms with Gasteiger partial charge in [0.2, 0.25) is 5.91 Å². The zero-order valence-corrected chi connectivity index (χ0v) is 19.3. The zero-order valence-electron chi connectivity index (χ0n) is 19.3. The SMILES string of the molecule is CCCN(CC(=O)N1CCn2cccc2C1c1ccc(C)cc1)C(=O)Nc1ccc(F)c(F)c1. The Morgan fingerprint density at radius 1 is 1.06 bits per heavy atom. The lowest BCUT2D eigenvalue weighted by molar-refractivity contribution is -0.134. The minimum Gasteiger partial charge on any atom is -0.348 e. The van der Waals surface area contributed by atoms with E-state index in [1.54, 1.807) is 0 Å². The van der Waals surface area contributed by atoms with Crippen molar-refractivity contribution in [3.8, 4) is 0 Å².